The van der Waals surface area contributed by atoms with E-state index in [1.54, 1.807) is 17.0 Å². The highest BCUT2D eigenvalue weighted by Crippen LogP contribution is 2.14. The molecule has 0 aliphatic heterocycles. The highest BCUT2D eigenvalue weighted by Gasteiger charge is 2.17. The molecule has 1 rings (SSSR count). The maximum Gasteiger partial charge on any atom is 0.240 e. The molecule has 0 radical (unpaired) electrons. The van der Waals surface area contributed by atoms with Gasteiger partial charge in [-0.2, -0.15) is 0 Å². The van der Waals surface area contributed by atoms with Crippen molar-refractivity contribution in [2.24, 2.45) is 0 Å². The Hall–Kier alpha value is -1.42. The molecule has 0 aliphatic carbocycles. The Morgan fingerprint density at radius 3 is 2.28 bits per heavy atom. The fourth-order valence-electron chi connectivity index (χ4n) is 1.56. The number of likely N-dealkylation sites (N-methyl/N-ethyl adjacent to an activating group) is 1. The van der Waals surface area contributed by atoms with Gasteiger partial charge in [-0.25, -0.2) is 4.39 Å². The van der Waals surface area contributed by atoms with Crippen molar-refractivity contribution in [3.8, 4) is 0 Å². The Labute approximate surface area is 108 Å². The molecule has 0 unspecified atom stereocenters. The van der Waals surface area contributed by atoms with E-state index in [4.69, 9.17) is 0 Å². The van der Waals surface area contributed by atoms with E-state index in [1.807, 2.05) is 27.7 Å². The molecule has 0 saturated carbocycles. The molecule has 1 amide bonds. The number of amides is 1. The summed E-state index contributed by atoms with van der Waals surface area (Å²) < 4.78 is 12.8. The molecular weight excluding hydrogens is 231 g/mol. The monoisotopic (exact) mass is 252 g/mol. The van der Waals surface area contributed by atoms with Gasteiger partial charge in [0.25, 0.3) is 0 Å². The van der Waals surface area contributed by atoms with E-state index in [2.05, 4.69) is 5.32 Å². The van der Waals surface area contributed by atoms with Crippen molar-refractivity contribution in [2.75, 3.05) is 18.0 Å². The maximum atomic E-state index is 12.8. The molecule has 3 nitrogen and oxygen atoms in total. The van der Waals surface area contributed by atoms with E-state index in [-0.39, 0.29) is 23.8 Å². The van der Waals surface area contributed by atoms with Gasteiger partial charge in [0.05, 0.1) is 6.54 Å². The highest BCUT2D eigenvalue weighted by molar-refractivity contribution is 5.94. The lowest BCUT2D eigenvalue weighted by Crippen LogP contribution is -2.45. The lowest BCUT2D eigenvalue weighted by Gasteiger charge is -2.25. The van der Waals surface area contributed by atoms with Crippen molar-refractivity contribution in [1.29, 1.82) is 0 Å². The van der Waals surface area contributed by atoms with Crippen LogP contribution in [0.4, 0.5) is 10.1 Å². The molecule has 1 aromatic carbocycles. The van der Waals surface area contributed by atoms with Crippen molar-refractivity contribution in [3.05, 3.63) is 30.1 Å². The summed E-state index contributed by atoms with van der Waals surface area (Å²) in [6.07, 6.45) is 0. The van der Waals surface area contributed by atoms with Crippen molar-refractivity contribution in [1.82, 2.24) is 5.32 Å². The van der Waals surface area contributed by atoms with E-state index in [1.165, 1.54) is 12.1 Å². The molecule has 0 spiro atoms. The Morgan fingerprint density at radius 2 is 1.83 bits per heavy atom. The molecule has 0 aromatic heterocycles. The van der Waals surface area contributed by atoms with Crippen LogP contribution in [0.25, 0.3) is 0 Å². The normalized spacial score (nSPS) is 11.4. The number of rotatable bonds is 4. The number of hydrogen-bond acceptors (Lipinski definition) is 2. The van der Waals surface area contributed by atoms with Gasteiger partial charge in [-0.05, 0) is 52.0 Å². The van der Waals surface area contributed by atoms with Crippen molar-refractivity contribution in [2.45, 2.75) is 33.2 Å². The minimum Gasteiger partial charge on any atom is -0.312 e. The zero-order valence-electron chi connectivity index (χ0n) is 11.5. The van der Waals surface area contributed by atoms with Crippen LogP contribution in [0.2, 0.25) is 0 Å². The fourth-order valence-corrected chi connectivity index (χ4v) is 1.56. The molecule has 18 heavy (non-hydrogen) atoms. The van der Waals surface area contributed by atoms with Crippen molar-refractivity contribution < 1.29 is 9.18 Å². The van der Waals surface area contributed by atoms with Crippen LogP contribution in [0.15, 0.2) is 24.3 Å². The Bertz CT molecular complexity index is 395. The second kappa shape index (κ2) is 5.96. The first-order valence-corrected chi connectivity index (χ1v) is 6.14. The van der Waals surface area contributed by atoms with Gasteiger partial charge in [0.1, 0.15) is 5.82 Å². The fraction of sp³-hybridized carbons (Fsp3) is 0.500. The standard InChI is InChI=1S/C14H21FN2O/c1-5-17(12-8-6-11(15)7-9-12)13(18)10-16-14(2,3)4/h6-9,16H,5,10H2,1-4H3. The van der Waals surface area contributed by atoms with Crippen LogP contribution in [0, 0.1) is 5.82 Å². The summed E-state index contributed by atoms with van der Waals surface area (Å²) in [4.78, 5) is 13.7. The molecule has 0 saturated heterocycles. The quantitative estimate of drug-likeness (QED) is 0.893. The maximum absolute atomic E-state index is 12.8. The Morgan fingerprint density at radius 1 is 1.28 bits per heavy atom. The first kappa shape index (κ1) is 14.6. The van der Waals surface area contributed by atoms with E-state index in [0.29, 0.717) is 6.54 Å². The summed E-state index contributed by atoms with van der Waals surface area (Å²) in [5.41, 5.74) is 0.623. The van der Waals surface area contributed by atoms with Gasteiger partial charge in [-0.3, -0.25) is 4.79 Å². The molecule has 1 aromatic rings. The molecule has 0 atom stereocenters. The number of halogens is 1. The number of nitrogens with zero attached hydrogens (tertiary/aromatic N) is 1. The number of nitrogens with one attached hydrogen (secondary N) is 1. The highest BCUT2D eigenvalue weighted by atomic mass is 19.1. The van der Waals surface area contributed by atoms with Crippen LogP contribution in [0.3, 0.4) is 0 Å². The van der Waals surface area contributed by atoms with E-state index < -0.39 is 0 Å². The molecule has 0 aliphatic rings. The predicted molar refractivity (Wildman–Crippen MR) is 72.2 cm³/mol. The van der Waals surface area contributed by atoms with Crippen molar-refractivity contribution in [3.63, 3.8) is 0 Å². The smallest absolute Gasteiger partial charge is 0.240 e. The van der Waals surface area contributed by atoms with Crippen LogP contribution >= 0.6 is 0 Å². The van der Waals surface area contributed by atoms with Gasteiger partial charge in [-0.15, -0.1) is 0 Å². The van der Waals surface area contributed by atoms with Crippen LogP contribution < -0.4 is 10.2 Å². The number of benzene rings is 1. The molecule has 0 bridgehead atoms. The predicted octanol–water partition coefficient (Wildman–Crippen LogP) is 2.57. The van der Waals surface area contributed by atoms with Crippen LogP contribution in [0.1, 0.15) is 27.7 Å². The van der Waals surface area contributed by atoms with E-state index in [9.17, 15) is 9.18 Å². The zero-order chi connectivity index (χ0) is 13.8. The molecule has 1 N–H and O–H groups in total. The van der Waals surface area contributed by atoms with E-state index in [0.717, 1.165) is 5.69 Å². The van der Waals surface area contributed by atoms with Crippen LogP contribution in [0.5, 0.6) is 0 Å². The second-order valence-corrected chi connectivity index (χ2v) is 5.22. The Balaban J connectivity index is 2.71. The van der Waals surface area contributed by atoms with Crippen molar-refractivity contribution >= 4 is 11.6 Å². The molecule has 4 heteroatoms. The summed E-state index contributed by atoms with van der Waals surface area (Å²) in [5, 5.41) is 3.15. The third-order valence-corrected chi connectivity index (χ3v) is 2.53. The average Bonchev–Trinajstić information content (AvgIpc) is 2.29. The first-order chi connectivity index (χ1) is 8.33. The SMILES string of the molecule is CCN(C(=O)CNC(C)(C)C)c1ccc(F)cc1. The summed E-state index contributed by atoms with van der Waals surface area (Å²) in [6.45, 7) is 8.76. The number of carbonyl (C=O) groups is 1. The second-order valence-electron chi connectivity index (χ2n) is 5.22. The van der Waals surface area contributed by atoms with E-state index >= 15 is 0 Å². The molecule has 0 fully saturated rings. The summed E-state index contributed by atoms with van der Waals surface area (Å²) >= 11 is 0. The largest absolute Gasteiger partial charge is 0.312 e. The minimum atomic E-state index is -0.296. The van der Waals surface area contributed by atoms with Crippen LogP contribution in [-0.2, 0) is 4.79 Å². The first-order valence-electron chi connectivity index (χ1n) is 6.14. The van der Waals surface area contributed by atoms with Gasteiger partial charge in [0, 0.05) is 17.8 Å². The number of carbonyl (C=O) groups excluding carboxylic acids is 1. The third-order valence-electron chi connectivity index (χ3n) is 2.53. The topological polar surface area (TPSA) is 32.3 Å². The molecule has 100 valence electrons. The number of anilines is 1. The Kier molecular flexibility index (Phi) is 4.84. The summed E-state index contributed by atoms with van der Waals surface area (Å²) in [7, 11) is 0. The van der Waals surface area contributed by atoms with Gasteiger partial charge in [0.2, 0.25) is 5.91 Å². The third kappa shape index (κ3) is 4.45. The molecular formula is C14H21FN2O. The lowest BCUT2D eigenvalue weighted by molar-refractivity contribution is -0.118. The average molecular weight is 252 g/mol. The molecule has 0 heterocycles. The van der Waals surface area contributed by atoms with Gasteiger partial charge in [0.15, 0.2) is 0 Å². The van der Waals surface area contributed by atoms with Gasteiger partial charge < -0.3 is 10.2 Å². The van der Waals surface area contributed by atoms with Gasteiger partial charge >= 0.3 is 0 Å². The van der Waals surface area contributed by atoms with Crippen LogP contribution in [-0.4, -0.2) is 24.5 Å². The zero-order valence-corrected chi connectivity index (χ0v) is 11.5. The summed E-state index contributed by atoms with van der Waals surface area (Å²) in [5.74, 6) is -0.311. The number of hydrogen-bond donors (Lipinski definition) is 1. The van der Waals surface area contributed by atoms with Gasteiger partial charge in [-0.1, -0.05) is 0 Å². The lowest BCUT2D eigenvalue weighted by atomic mass is 10.1. The minimum absolute atomic E-state index is 0.0148. The summed E-state index contributed by atoms with van der Waals surface area (Å²) in [6, 6.07) is 5.96.